The minimum atomic E-state index is -0.639. The van der Waals surface area contributed by atoms with Crippen molar-refractivity contribution in [1.29, 1.82) is 0 Å². The zero-order valence-corrected chi connectivity index (χ0v) is 9.28. The van der Waals surface area contributed by atoms with E-state index in [2.05, 4.69) is 0 Å². The molecule has 0 radical (unpaired) electrons. The second kappa shape index (κ2) is 4.49. The van der Waals surface area contributed by atoms with Gasteiger partial charge in [0.05, 0.1) is 6.54 Å². The highest BCUT2D eigenvalue weighted by Gasteiger charge is 2.02. The minimum Gasteiger partial charge on any atom is -0.311 e. The van der Waals surface area contributed by atoms with Crippen LogP contribution in [0.15, 0.2) is 41.3 Å². The molecule has 0 fully saturated rings. The summed E-state index contributed by atoms with van der Waals surface area (Å²) >= 11 is 0. The quantitative estimate of drug-likeness (QED) is 0.783. The average Bonchev–Trinajstić information content (AvgIpc) is 2.21. The van der Waals surface area contributed by atoms with Gasteiger partial charge in [-0.1, -0.05) is 0 Å². The van der Waals surface area contributed by atoms with Gasteiger partial charge >= 0.3 is 0 Å². The molecule has 0 N–H and O–H groups in total. The molecule has 4 heteroatoms. The summed E-state index contributed by atoms with van der Waals surface area (Å²) in [6.07, 6.45) is 1.61. The molecular weight excluding hydrogens is 224 g/mol. The van der Waals surface area contributed by atoms with Crippen molar-refractivity contribution in [3.05, 3.63) is 69.6 Å². The van der Waals surface area contributed by atoms with Gasteiger partial charge in [-0.2, -0.15) is 0 Å². The van der Waals surface area contributed by atoms with E-state index < -0.39 is 11.6 Å². The summed E-state index contributed by atoms with van der Waals surface area (Å²) in [6.45, 7) is 1.97. The van der Waals surface area contributed by atoms with Crippen LogP contribution in [0.5, 0.6) is 0 Å². The van der Waals surface area contributed by atoms with Gasteiger partial charge in [-0.25, -0.2) is 8.78 Å². The first kappa shape index (κ1) is 11.5. The van der Waals surface area contributed by atoms with Crippen molar-refractivity contribution in [3.63, 3.8) is 0 Å². The van der Waals surface area contributed by atoms with Gasteiger partial charge in [-0.15, -0.1) is 0 Å². The van der Waals surface area contributed by atoms with E-state index in [1.807, 2.05) is 6.92 Å². The Kier molecular flexibility index (Phi) is 3.04. The van der Waals surface area contributed by atoms with E-state index in [0.717, 1.165) is 11.6 Å². The van der Waals surface area contributed by atoms with Crippen molar-refractivity contribution in [2.75, 3.05) is 0 Å². The lowest BCUT2D eigenvalue weighted by Gasteiger charge is -2.06. The maximum absolute atomic E-state index is 13.0. The Bertz CT molecular complexity index is 584. The second-order valence-electron chi connectivity index (χ2n) is 3.95. The third-order valence-corrected chi connectivity index (χ3v) is 2.43. The molecule has 2 rings (SSSR count). The Morgan fingerprint density at radius 2 is 1.76 bits per heavy atom. The molecular formula is C13H11F2NO. The van der Waals surface area contributed by atoms with Gasteiger partial charge in [0.15, 0.2) is 0 Å². The molecule has 0 amide bonds. The highest BCUT2D eigenvalue weighted by Crippen LogP contribution is 2.08. The topological polar surface area (TPSA) is 22.0 Å². The number of hydrogen-bond acceptors (Lipinski definition) is 1. The van der Waals surface area contributed by atoms with Gasteiger partial charge in [-0.3, -0.25) is 4.79 Å². The summed E-state index contributed by atoms with van der Waals surface area (Å²) in [5.41, 5.74) is 1.10. The van der Waals surface area contributed by atoms with Crippen LogP contribution >= 0.6 is 0 Å². The van der Waals surface area contributed by atoms with Gasteiger partial charge in [0.2, 0.25) is 0 Å². The van der Waals surface area contributed by atoms with Crippen molar-refractivity contribution in [2.24, 2.45) is 0 Å². The highest BCUT2D eigenvalue weighted by atomic mass is 19.1. The van der Waals surface area contributed by atoms with Gasteiger partial charge in [-0.05, 0) is 36.2 Å². The van der Waals surface area contributed by atoms with E-state index in [-0.39, 0.29) is 12.1 Å². The van der Waals surface area contributed by atoms with Crippen LogP contribution in [0.3, 0.4) is 0 Å². The van der Waals surface area contributed by atoms with Crippen LogP contribution in [-0.2, 0) is 6.54 Å². The first-order valence-corrected chi connectivity index (χ1v) is 5.17. The van der Waals surface area contributed by atoms with Crippen LogP contribution in [-0.4, -0.2) is 4.57 Å². The molecule has 2 nitrogen and oxygen atoms in total. The highest BCUT2D eigenvalue weighted by molar-refractivity contribution is 5.19. The molecule has 1 heterocycles. The number of nitrogens with zero attached hydrogens (tertiary/aromatic N) is 1. The predicted molar refractivity (Wildman–Crippen MR) is 60.9 cm³/mol. The molecule has 0 aliphatic heterocycles. The Labute approximate surface area is 97.1 Å². The Morgan fingerprint density at radius 3 is 2.35 bits per heavy atom. The van der Waals surface area contributed by atoms with Gasteiger partial charge < -0.3 is 4.57 Å². The molecule has 1 aromatic carbocycles. The van der Waals surface area contributed by atoms with Crippen molar-refractivity contribution in [3.8, 4) is 0 Å². The average molecular weight is 235 g/mol. The summed E-state index contributed by atoms with van der Waals surface area (Å²) in [4.78, 5) is 11.6. The fourth-order valence-corrected chi connectivity index (χ4v) is 1.64. The first-order valence-electron chi connectivity index (χ1n) is 5.17. The van der Waals surface area contributed by atoms with Crippen LogP contribution in [0.2, 0.25) is 0 Å². The number of hydrogen-bond donors (Lipinski definition) is 0. The number of aryl methyl sites for hydroxylation is 1. The van der Waals surface area contributed by atoms with Gasteiger partial charge in [0.1, 0.15) is 11.6 Å². The van der Waals surface area contributed by atoms with Gasteiger partial charge in [0, 0.05) is 18.3 Å². The fraction of sp³-hybridized carbons (Fsp3) is 0.154. The van der Waals surface area contributed by atoms with Crippen LogP contribution in [0, 0.1) is 18.6 Å². The molecule has 0 saturated carbocycles. The maximum atomic E-state index is 13.0. The number of halogens is 2. The Balaban J connectivity index is 2.34. The van der Waals surface area contributed by atoms with Crippen LogP contribution in [0.25, 0.3) is 0 Å². The number of pyridine rings is 1. The van der Waals surface area contributed by atoms with Crippen molar-refractivity contribution >= 4 is 0 Å². The lowest BCUT2D eigenvalue weighted by molar-refractivity contribution is 0.577. The van der Waals surface area contributed by atoms with E-state index in [1.165, 1.54) is 22.8 Å². The zero-order valence-electron chi connectivity index (χ0n) is 9.28. The van der Waals surface area contributed by atoms with E-state index in [9.17, 15) is 13.6 Å². The molecule has 0 atom stereocenters. The number of aromatic nitrogens is 1. The molecule has 0 spiro atoms. The SMILES string of the molecule is Cc1ccn(Cc2cc(F)cc(F)c2)c(=O)c1. The van der Waals surface area contributed by atoms with Crippen LogP contribution in [0.1, 0.15) is 11.1 Å². The molecule has 0 saturated heterocycles. The van der Waals surface area contributed by atoms with E-state index in [4.69, 9.17) is 0 Å². The molecule has 2 aromatic rings. The second-order valence-corrected chi connectivity index (χ2v) is 3.95. The first-order chi connectivity index (χ1) is 8.04. The van der Waals surface area contributed by atoms with Gasteiger partial charge in [0.25, 0.3) is 5.56 Å². The van der Waals surface area contributed by atoms with Crippen LogP contribution < -0.4 is 5.56 Å². The Morgan fingerprint density at radius 1 is 1.12 bits per heavy atom. The Hall–Kier alpha value is -1.97. The lowest BCUT2D eigenvalue weighted by atomic mass is 10.2. The third kappa shape index (κ3) is 2.78. The zero-order chi connectivity index (χ0) is 12.4. The standard InChI is InChI=1S/C13H11F2NO/c1-9-2-3-16(13(17)4-9)8-10-5-11(14)7-12(15)6-10/h2-7H,8H2,1H3. The summed E-state index contributed by atoms with van der Waals surface area (Å²) in [5, 5.41) is 0. The smallest absolute Gasteiger partial charge is 0.251 e. The van der Waals surface area contributed by atoms with E-state index >= 15 is 0 Å². The fourth-order valence-electron chi connectivity index (χ4n) is 1.64. The monoisotopic (exact) mass is 235 g/mol. The molecule has 0 aliphatic carbocycles. The molecule has 0 aliphatic rings. The maximum Gasteiger partial charge on any atom is 0.251 e. The third-order valence-electron chi connectivity index (χ3n) is 2.43. The van der Waals surface area contributed by atoms with E-state index in [1.54, 1.807) is 12.3 Å². The molecule has 0 unspecified atom stereocenters. The molecule has 1 aromatic heterocycles. The van der Waals surface area contributed by atoms with Crippen molar-refractivity contribution < 1.29 is 8.78 Å². The molecule has 0 bridgehead atoms. The number of benzene rings is 1. The number of rotatable bonds is 2. The summed E-state index contributed by atoms with van der Waals surface area (Å²) < 4.78 is 27.3. The largest absolute Gasteiger partial charge is 0.311 e. The van der Waals surface area contributed by atoms with Crippen molar-refractivity contribution in [2.45, 2.75) is 13.5 Å². The minimum absolute atomic E-state index is 0.161. The van der Waals surface area contributed by atoms with Crippen LogP contribution in [0.4, 0.5) is 8.78 Å². The normalized spacial score (nSPS) is 10.5. The molecule has 17 heavy (non-hydrogen) atoms. The predicted octanol–water partition coefficient (Wildman–Crippen LogP) is 2.48. The lowest BCUT2D eigenvalue weighted by Crippen LogP contribution is -2.19. The summed E-state index contributed by atoms with van der Waals surface area (Å²) in [6, 6.07) is 6.50. The summed E-state index contributed by atoms with van der Waals surface area (Å²) in [7, 11) is 0. The van der Waals surface area contributed by atoms with E-state index in [0.29, 0.717) is 5.56 Å². The summed E-state index contributed by atoms with van der Waals surface area (Å²) in [5.74, 6) is -1.28. The van der Waals surface area contributed by atoms with Crippen molar-refractivity contribution in [1.82, 2.24) is 4.57 Å². The molecule has 88 valence electrons.